The van der Waals surface area contributed by atoms with Crippen LogP contribution in [0, 0.1) is 0 Å². The summed E-state index contributed by atoms with van der Waals surface area (Å²) in [6.45, 7) is 3.54. The number of benzene rings is 2. The summed E-state index contributed by atoms with van der Waals surface area (Å²) < 4.78 is 49.2. The van der Waals surface area contributed by atoms with Crippen LogP contribution in [-0.2, 0) is 14.8 Å². The molecule has 2 aromatic rings. The van der Waals surface area contributed by atoms with Gasteiger partial charge < -0.3 is 24.3 Å². The maximum absolute atomic E-state index is 13.4. The predicted molar refractivity (Wildman–Crippen MR) is 115 cm³/mol. The number of nitrogens with one attached hydrogen (secondary N) is 1. The van der Waals surface area contributed by atoms with Crippen LogP contribution in [0.1, 0.15) is 19.4 Å². The van der Waals surface area contributed by atoms with Crippen molar-refractivity contribution in [2.45, 2.75) is 13.8 Å². The third-order valence-electron chi connectivity index (χ3n) is 5.19. The lowest BCUT2D eigenvalue weighted by Crippen LogP contribution is -2.39. The molecular formula is C21H22N2O7S. The molecule has 0 bridgehead atoms. The number of nitrogens with zero attached hydrogens (tertiary/aromatic N) is 1. The molecule has 9 nitrogen and oxygen atoms in total. The van der Waals surface area contributed by atoms with Gasteiger partial charge in [-0.2, -0.15) is 0 Å². The summed E-state index contributed by atoms with van der Waals surface area (Å²) in [7, 11) is -1.13. The van der Waals surface area contributed by atoms with Crippen LogP contribution in [0.5, 0.6) is 23.0 Å². The standard InChI is InChI=1S/C21H22N2O7S/c1-5-23-15-10-18(28-4)17(27-3)9-14(15)12(2)20(31(23,25)26)21(24)22-13-6-7-16-19(8-13)30-11-29-16/h6-10H,5,11H2,1-4H3,(H,22,24). The van der Waals surface area contributed by atoms with Crippen molar-refractivity contribution in [1.29, 1.82) is 0 Å². The number of hydrogen-bond acceptors (Lipinski definition) is 7. The minimum atomic E-state index is -4.10. The zero-order valence-corrected chi connectivity index (χ0v) is 18.3. The molecule has 0 unspecified atom stereocenters. The van der Waals surface area contributed by atoms with Crippen molar-refractivity contribution in [3.05, 3.63) is 40.8 Å². The van der Waals surface area contributed by atoms with E-state index >= 15 is 0 Å². The average molecular weight is 446 g/mol. The Balaban J connectivity index is 1.81. The van der Waals surface area contributed by atoms with Gasteiger partial charge in [0, 0.05) is 29.9 Å². The van der Waals surface area contributed by atoms with Crippen LogP contribution < -0.4 is 28.6 Å². The number of methoxy groups -OCH3 is 2. The minimum Gasteiger partial charge on any atom is -0.493 e. The molecule has 0 fully saturated rings. The fourth-order valence-electron chi connectivity index (χ4n) is 3.72. The highest BCUT2D eigenvalue weighted by atomic mass is 32.2. The summed E-state index contributed by atoms with van der Waals surface area (Å²) in [5.74, 6) is 1.14. The molecule has 2 aliphatic heterocycles. The van der Waals surface area contributed by atoms with Gasteiger partial charge in [-0.05, 0) is 37.6 Å². The maximum atomic E-state index is 13.4. The van der Waals surface area contributed by atoms with Crippen molar-refractivity contribution in [3.8, 4) is 23.0 Å². The Morgan fingerprint density at radius 2 is 1.77 bits per heavy atom. The first kappa shape index (κ1) is 20.9. The smallest absolute Gasteiger partial charge is 0.270 e. The van der Waals surface area contributed by atoms with E-state index in [9.17, 15) is 13.2 Å². The molecular weight excluding hydrogens is 424 g/mol. The van der Waals surface area contributed by atoms with Gasteiger partial charge in [0.2, 0.25) is 6.79 Å². The van der Waals surface area contributed by atoms with E-state index in [-0.39, 0.29) is 18.2 Å². The normalized spacial score (nSPS) is 16.1. The lowest BCUT2D eigenvalue weighted by Gasteiger charge is -2.32. The summed E-state index contributed by atoms with van der Waals surface area (Å²) in [6.07, 6.45) is 0. The topological polar surface area (TPSA) is 103 Å². The van der Waals surface area contributed by atoms with Crippen molar-refractivity contribution in [1.82, 2.24) is 0 Å². The van der Waals surface area contributed by atoms with Crippen LogP contribution in [0.4, 0.5) is 11.4 Å². The van der Waals surface area contributed by atoms with Crippen molar-refractivity contribution in [3.63, 3.8) is 0 Å². The Labute approximate surface area is 180 Å². The van der Waals surface area contributed by atoms with Gasteiger partial charge in [0.05, 0.1) is 19.9 Å². The number of hydrogen-bond donors (Lipinski definition) is 1. The van der Waals surface area contributed by atoms with Crippen LogP contribution in [-0.4, -0.2) is 41.9 Å². The molecule has 0 saturated carbocycles. The van der Waals surface area contributed by atoms with Gasteiger partial charge in [-0.15, -0.1) is 0 Å². The third kappa shape index (κ3) is 3.32. The summed E-state index contributed by atoms with van der Waals surface area (Å²) in [6, 6.07) is 8.14. The number of sulfonamides is 1. The van der Waals surface area contributed by atoms with Crippen LogP contribution in [0.3, 0.4) is 0 Å². The van der Waals surface area contributed by atoms with Crippen LogP contribution in [0.25, 0.3) is 5.57 Å². The number of amides is 1. The molecule has 2 aliphatic rings. The van der Waals surface area contributed by atoms with E-state index in [0.717, 1.165) is 0 Å². The molecule has 2 heterocycles. The predicted octanol–water partition coefficient (Wildman–Crippen LogP) is 2.97. The maximum Gasteiger partial charge on any atom is 0.270 e. The molecule has 1 amide bonds. The molecule has 31 heavy (non-hydrogen) atoms. The van der Waals surface area contributed by atoms with Gasteiger partial charge in [-0.1, -0.05) is 0 Å². The molecule has 10 heteroatoms. The summed E-state index contributed by atoms with van der Waals surface area (Å²) in [4.78, 5) is 12.8. The van der Waals surface area contributed by atoms with E-state index in [2.05, 4.69) is 5.32 Å². The highest BCUT2D eigenvalue weighted by molar-refractivity contribution is 7.97. The van der Waals surface area contributed by atoms with Gasteiger partial charge >= 0.3 is 0 Å². The van der Waals surface area contributed by atoms with E-state index in [4.69, 9.17) is 18.9 Å². The third-order valence-corrected chi connectivity index (χ3v) is 7.23. The Kier molecular flexibility index (Phi) is 5.18. The summed E-state index contributed by atoms with van der Waals surface area (Å²) >= 11 is 0. The Bertz CT molecular complexity index is 1200. The summed E-state index contributed by atoms with van der Waals surface area (Å²) in [5, 5.41) is 2.66. The van der Waals surface area contributed by atoms with Gasteiger partial charge in [0.1, 0.15) is 0 Å². The van der Waals surface area contributed by atoms with Crippen LogP contribution in [0.15, 0.2) is 35.2 Å². The largest absolute Gasteiger partial charge is 0.493 e. The Morgan fingerprint density at radius 1 is 1.10 bits per heavy atom. The number of fused-ring (bicyclic) bond motifs is 2. The average Bonchev–Trinajstić information content (AvgIpc) is 3.20. The van der Waals surface area contributed by atoms with Gasteiger partial charge in [-0.25, -0.2) is 8.42 Å². The fraction of sp³-hybridized carbons (Fsp3) is 0.286. The van der Waals surface area contributed by atoms with E-state index in [1.165, 1.54) is 18.5 Å². The second-order valence-electron chi connectivity index (χ2n) is 6.87. The number of ether oxygens (including phenoxy) is 4. The molecule has 2 aromatic carbocycles. The van der Waals surface area contributed by atoms with Gasteiger partial charge in [0.15, 0.2) is 27.9 Å². The second kappa shape index (κ2) is 7.69. The van der Waals surface area contributed by atoms with E-state index < -0.39 is 15.9 Å². The second-order valence-corrected chi connectivity index (χ2v) is 8.67. The fourth-order valence-corrected chi connectivity index (χ4v) is 5.47. The number of carbonyl (C=O) groups excluding carboxylic acids is 1. The number of anilines is 2. The SMILES string of the molecule is CCN1c2cc(OC)c(OC)cc2C(C)=C(C(=O)Nc2ccc3c(c2)OCO3)S1(=O)=O. The molecule has 4 rings (SSSR count). The Morgan fingerprint density at radius 3 is 2.45 bits per heavy atom. The molecule has 164 valence electrons. The first-order valence-corrected chi connectivity index (χ1v) is 11.0. The quantitative estimate of drug-likeness (QED) is 0.753. The first-order valence-electron chi connectivity index (χ1n) is 9.52. The van der Waals surface area contributed by atoms with Crippen LogP contribution >= 0.6 is 0 Å². The van der Waals surface area contributed by atoms with E-state index in [0.29, 0.717) is 45.5 Å². The van der Waals surface area contributed by atoms with Gasteiger partial charge in [0.25, 0.3) is 15.9 Å². The molecule has 0 spiro atoms. The molecule has 0 saturated heterocycles. The van der Waals surface area contributed by atoms with E-state index in [1.54, 1.807) is 44.2 Å². The zero-order chi connectivity index (χ0) is 22.3. The van der Waals surface area contributed by atoms with Crippen LogP contribution in [0.2, 0.25) is 0 Å². The minimum absolute atomic E-state index is 0.0961. The number of carbonyl (C=O) groups is 1. The molecule has 1 N–H and O–H groups in total. The van der Waals surface area contributed by atoms with Gasteiger partial charge in [-0.3, -0.25) is 9.10 Å². The number of allylic oxidation sites excluding steroid dienone is 1. The van der Waals surface area contributed by atoms with Crippen molar-refractivity contribution in [2.75, 3.05) is 37.2 Å². The molecule has 0 radical (unpaired) electrons. The lowest BCUT2D eigenvalue weighted by atomic mass is 10.0. The monoisotopic (exact) mass is 446 g/mol. The molecule has 0 aromatic heterocycles. The van der Waals surface area contributed by atoms with E-state index in [1.807, 2.05) is 0 Å². The summed E-state index contributed by atoms with van der Waals surface area (Å²) in [5.41, 5.74) is 1.72. The van der Waals surface area contributed by atoms with Crippen molar-refractivity contribution >= 4 is 32.9 Å². The van der Waals surface area contributed by atoms with Crippen molar-refractivity contribution < 1.29 is 32.2 Å². The highest BCUT2D eigenvalue weighted by Crippen LogP contribution is 2.45. The number of rotatable bonds is 5. The lowest BCUT2D eigenvalue weighted by molar-refractivity contribution is -0.112. The molecule has 0 atom stereocenters. The van der Waals surface area contributed by atoms with Crippen molar-refractivity contribution in [2.24, 2.45) is 0 Å². The Hall–Kier alpha value is -3.40. The highest BCUT2D eigenvalue weighted by Gasteiger charge is 2.39. The first-order chi connectivity index (χ1) is 14.8. The zero-order valence-electron chi connectivity index (χ0n) is 17.5. The molecule has 0 aliphatic carbocycles.